The van der Waals surface area contributed by atoms with E-state index in [2.05, 4.69) is 0 Å². The fraction of sp³-hybridized carbons (Fsp3) is 0.200. The number of amides is 2. The largest absolute Gasteiger partial charge is 0.369 e. The molecule has 1 saturated heterocycles. The minimum absolute atomic E-state index is 0.0369. The SMILES string of the molecule is CN1C(=O)C2CN(C(=O)c3cccc(F)c3)C[C@]2(c2cc(-c3ccc(F)c(C#N)c3)cs2)N=C1N. The number of carbonyl (C=O) groups excluding carboxylic acids is 2. The van der Waals surface area contributed by atoms with Gasteiger partial charge in [0, 0.05) is 24.0 Å². The molecule has 10 heteroatoms. The van der Waals surface area contributed by atoms with Crippen LogP contribution in [0.1, 0.15) is 20.8 Å². The Bertz CT molecular complexity index is 1450. The van der Waals surface area contributed by atoms with Crippen molar-refractivity contribution >= 4 is 29.1 Å². The number of hydrogen-bond donors (Lipinski definition) is 1. The van der Waals surface area contributed by atoms with E-state index in [-0.39, 0.29) is 36.1 Å². The molecule has 1 unspecified atom stereocenters. The molecule has 2 atom stereocenters. The highest BCUT2D eigenvalue weighted by Gasteiger charge is 2.57. The molecule has 2 N–H and O–H groups in total. The first-order valence-electron chi connectivity index (χ1n) is 10.7. The molecule has 7 nitrogen and oxygen atoms in total. The van der Waals surface area contributed by atoms with Gasteiger partial charge in [-0.3, -0.25) is 14.5 Å². The van der Waals surface area contributed by atoms with Gasteiger partial charge in [-0.25, -0.2) is 13.8 Å². The maximum absolute atomic E-state index is 13.8. The average molecular weight is 492 g/mol. The average Bonchev–Trinajstić information content (AvgIpc) is 3.49. The van der Waals surface area contributed by atoms with Gasteiger partial charge in [0.1, 0.15) is 23.2 Å². The summed E-state index contributed by atoms with van der Waals surface area (Å²) in [6, 6.07) is 13.3. The summed E-state index contributed by atoms with van der Waals surface area (Å²) in [5.41, 5.74) is 6.46. The number of nitrogens with zero attached hydrogens (tertiary/aromatic N) is 4. The minimum atomic E-state index is -1.11. The first-order valence-corrected chi connectivity index (χ1v) is 11.6. The molecule has 0 radical (unpaired) electrons. The fourth-order valence-corrected chi connectivity index (χ4v) is 5.74. The van der Waals surface area contributed by atoms with Crippen LogP contribution in [0.5, 0.6) is 0 Å². The predicted octanol–water partition coefficient (Wildman–Crippen LogP) is 3.32. The second kappa shape index (κ2) is 8.29. The van der Waals surface area contributed by atoms with Crippen molar-refractivity contribution in [3.05, 3.63) is 81.5 Å². The molecule has 3 aromatic rings. The molecule has 2 aromatic carbocycles. The van der Waals surface area contributed by atoms with Gasteiger partial charge in [-0.15, -0.1) is 11.3 Å². The Morgan fingerprint density at radius 3 is 2.77 bits per heavy atom. The van der Waals surface area contributed by atoms with E-state index < -0.39 is 29.0 Å². The van der Waals surface area contributed by atoms with Gasteiger partial charge in [-0.2, -0.15) is 5.26 Å². The highest BCUT2D eigenvalue weighted by atomic mass is 32.1. The van der Waals surface area contributed by atoms with Crippen LogP contribution in [0.25, 0.3) is 11.1 Å². The third-order valence-corrected chi connectivity index (χ3v) is 7.60. The van der Waals surface area contributed by atoms with Gasteiger partial charge in [0.05, 0.1) is 18.0 Å². The van der Waals surface area contributed by atoms with Crippen LogP contribution in [-0.4, -0.2) is 47.7 Å². The lowest BCUT2D eigenvalue weighted by Crippen LogP contribution is -2.54. The number of halogens is 2. The zero-order valence-corrected chi connectivity index (χ0v) is 19.4. The van der Waals surface area contributed by atoms with Crippen LogP contribution in [0.3, 0.4) is 0 Å². The lowest BCUT2D eigenvalue weighted by Gasteiger charge is -2.36. The molecule has 0 aliphatic carbocycles. The highest BCUT2D eigenvalue weighted by molar-refractivity contribution is 7.10. The summed E-state index contributed by atoms with van der Waals surface area (Å²) in [5, 5.41) is 11.0. The van der Waals surface area contributed by atoms with Crippen molar-refractivity contribution in [1.82, 2.24) is 9.80 Å². The lowest BCUT2D eigenvalue weighted by molar-refractivity contribution is -0.132. The molecule has 3 heterocycles. The van der Waals surface area contributed by atoms with Gasteiger partial charge in [-0.05, 0) is 52.9 Å². The highest BCUT2D eigenvalue weighted by Crippen LogP contribution is 2.47. The quantitative estimate of drug-likeness (QED) is 0.607. The van der Waals surface area contributed by atoms with Crippen LogP contribution in [-0.2, 0) is 10.3 Å². The molecule has 176 valence electrons. The van der Waals surface area contributed by atoms with Crippen LogP contribution in [0.15, 0.2) is 58.9 Å². The minimum Gasteiger partial charge on any atom is -0.369 e. The topological polar surface area (TPSA) is 103 Å². The number of nitriles is 1. The summed E-state index contributed by atoms with van der Waals surface area (Å²) in [4.78, 5) is 34.6. The maximum atomic E-state index is 13.8. The zero-order chi connectivity index (χ0) is 24.9. The van der Waals surface area contributed by atoms with Crippen LogP contribution < -0.4 is 5.73 Å². The first kappa shape index (κ1) is 22.7. The van der Waals surface area contributed by atoms with E-state index in [0.717, 1.165) is 11.6 Å². The molecule has 1 fully saturated rings. The van der Waals surface area contributed by atoms with Gasteiger partial charge < -0.3 is 10.6 Å². The number of rotatable bonds is 3. The lowest BCUT2D eigenvalue weighted by atomic mass is 9.83. The molecule has 2 amide bonds. The van der Waals surface area contributed by atoms with E-state index in [0.29, 0.717) is 10.4 Å². The van der Waals surface area contributed by atoms with Gasteiger partial charge in [0.25, 0.3) is 5.91 Å². The Morgan fingerprint density at radius 1 is 1.23 bits per heavy atom. The summed E-state index contributed by atoms with van der Waals surface area (Å²) in [5.74, 6) is -2.46. The molecular weight excluding hydrogens is 472 g/mol. The second-order valence-corrected chi connectivity index (χ2v) is 9.46. The number of hydrogen-bond acceptors (Lipinski definition) is 6. The predicted molar refractivity (Wildman–Crippen MR) is 126 cm³/mol. The standard InChI is InChI=1S/C25H19F2N5O2S/c1-31-23(34)19-11-32(22(33)15-3-2-4-18(26)8-15)13-25(19,30-24(31)29)21-9-17(12-35-21)14-5-6-20(27)16(7-14)10-28/h2-9,12,19H,11,13H2,1H3,(H2,29,30)/t19?,25-/m0/s1. The van der Waals surface area contributed by atoms with Crippen molar-refractivity contribution in [2.24, 2.45) is 16.6 Å². The number of benzene rings is 2. The van der Waals surface area contributed by atoms with Crippen molar-refractivity contribution in [3.63, 3.8) is 0 Å². The van der Waals surface area contributed by atoms with Crippen molar-refractivity contribution in [1.29, 1.82) is 5.26 Å². The molecule has 0 bridgehead atoms. The third-order valence-electron chi connectivity index (χ3n) is 6.50. The number of thiophene rings is 1. The number of fused-ring (bicyclic) bond motifs is 1. The summed E-state index contributed by atoms with van der Waals surface area (Å²) >= 11 is 1.35. The van der Waals surface area contributed by atoms with Gasteiger partial charge >= 0.3 is 0 Å². The van der Waals surface area contributed by atoms with Crippen molar-refractivity contribution in [2.75, 3.05) is 20.1 Å². The van der Waals surface area contributed by atoms with Crippen LogP contribution in [0, 0.1) is 28.9 Å². The van der Waals surface area contributed by atoms with E-state index >= 15 is 0 Å². The van der Waals surface area contributed by atoms with Crippen molar-refractivity contribution in [3.8, 4) is 17.2 Å². The molecule has 1 aromatic heterocycles. The van der Waals surface area contributed by atoms with Crippen LogP contribution >= 0.6 is 11.3 Å². The fourth-order valence-electron chi connectivity index (χ4n) is 4.63. The van der Waals surface area contributed by atoms with Crippen LogP contribution in [0.2, 0.25) is 0 Å². The van der Waals surface area contributed by atoms with E-state index in [1.807, 2.05) is 17.5 Å². The first-order chi connectivity index (χ1) is 16.7. The summed E-state index contributed by atoms with van der Waals surface area (Å²) in [6.45, 7) is 0.178. The maximum Gasteiger partial charge on any atom is 0.254 e. The van der Waals surface area contributed by atoms with E-state index in [4.69, 9.17) is 10.7 Å². The van der Waals surface area contributed by atoms with Crippen molar-refractivity contribution in [2.45, 2.75) is 5.54 Å². The van der Waals surface area contributed by atoms with Crippen LogP contribution in [0.4, 0.5) is 8.78 Å². The smallest absolute Gasteiger partial charge is 0.254 e. The Morgan fingerprint density at radius 2 is 2.03 bits per heavy atom. The molecular formula is C25H19F2N5O2S. The molecule has 2 aliphatic heterocycles. The van der Waals surface area contributed by atoms with Gasteiger partial charge in [-0.1, -0.05) is 12.1 Å². The van der Waals surface area contributed by atoms with Gasteiger partial charge in [0.2, 0.25) is 5.91 Å². The molecule has 0 saturated carbocycles. The number of carbonyl (C=O) groups is 2. The normalized spacial score (nSPS) is 21.5. The monoisotopic (exact) mass is 491 g/mol. The summed E-state index contributed by atoms with van der Waals surface area (Å²) < 4.78 is 27.6. The number of aliphatic imine (C=N–C) groups is 1. The molecule has 5 rings (SSSR count). The molecule has 2 aliphatic rings. The second-order valence-electron chi connectivity index (χ2n) is 8.55. The number of nitrogens with two attached hydrogens (primary N) is 1. The summed E-state index contributed by atoms with van der Waals surface area (Å²) in [6.07, 6.45) is 0. The Labute approximate surface area is 203 Å². The Kier molecular flexibility index (Phi) is 5.37. The molecule has 35 heavy (non-hydrogen) atoms. The van der Waals surface area contributed by atoms with E-state index in [1.54, 1.807) is 6.07 Å². The Balaban J connectivity index is 1.57. The zero-order valence-electron chi connectivity index (χ0n) is 18.5. The number of guanidine groups is 1. The third kappa shape index (κ3) is 3.65. The molecule has 0 spiro atoms. The summed E-state index contributed by atoms with van der Waals surface area (Å²) in [7, 11) is 1.53. The number of likely N-dealkylation sites (tertiary alicyclic amines) is 1. The Hall–Kier alpha value is -4.10. The van der Waals surface area contributed by atoms with E-state index in [1.165, 1.54) is 58.5 Å². The van der Waals surface area contributed by atoms with Crippen molar-refractivity contribution < 1.29 is 18.4 Å². The van der Waals surface area contributed by atoms with Gasteiger partial charge in [0.15, 0.2) is 5.96 Å². The van der Waals surface area contributed by atoms with E-state index in [9.17, 15) is 23.6 Å².